The predicted molar refractivity (Wildman–Crippen MR) is 86.1 cm³/mol. The molecule has 4 amide bonds. The van der Waals surface area contributed by atoms with Gasteiger partial charge in [-0.3, -0.25) is 14.5 Å². The van der Waals surface area contributed by atoms with Crippen molar-refractivity contribution in [2.45, 2.75) is 13.3 Å². The van der Waals surface area contributed by atoms with Gasteiger partial charge in [-0.1, -0.05) is 42.0 Å². The third kappa shape index (κ3) is 2.73. The van der Waals surface area contributed by atoms with Crippen molar-refractivity contribution >= 4 is 23.5 Å². The Morgan fingerprint density at radius 2 is 1.30 bits per heavy atom. The molecule has 23 heavy (non-hydrogen) atoms. The number of likely N-dealkylation sites (N-methyl/N-ethyl adjacent to an activating group) is 1. The van der Waals surface area contributed by atoms with E-state index >= 15 is 0 Å². The smallest absolute Gasteiger partial charge is 0.263 e. The Balaban J connectivity index is 1.80. The second-order valence-corrected chi connectivity index (χ2v) is 5.62. The van der Waals surface area contributed by atoms with Crippen LogP contribution in [-0.4, -0.2) is 29.8 Å². The molecule has 0 unspecified atom stereocenters. The standard InChI is InChI=1S/C18H16N2O3/c1-12-3-5-13(6-4-12)11-14-7-9-15(10-8-14)20-17(22)16(21)19(2)18(20)23/h3-10H,11H2,1-2H3. The van der Waals surface area contributed by atoms with Gasteiger partial charge in [0.15, 0.2) is 0 Å². The van der Waals surface area contributed by atoms with Crippen molar-refractivity contribution in [2.24, 2.45) is 0 Å². The van der Waals surface area contributed by atoms with Crippen molar-refractivity contribution in [3.05, 3.63) is 65.2 Å². The second-order valence-electron chi connectivity index (χ2n) is 5.62. The Kier molecular flexibility index (Phi) is 3.70. The van der Waals surface area contributed by atoms with Crippen molar-refractivity contribution in [2.75, 3.05) is 11.9 Å². The van der Waals surface area contributed by atoms with Crippen LogP contribution >= 0.6 is 0 Å². The maximum Gasteiger partial charge on any atom is 0.338 e. The summed E-state index contributed by atoms with van der Waals surface area (Å²) in [5.74, 6) is -1.62. The number of aryl methyl sites for hydroxylation is 1. The van der Waals surface area contributed by atoms with Gasteiger partial charge in [0.25, 0.3) is 0 Å². The summed E-state index contributed by atoms with van der Waals surface area (Å²) >= 11 is 0. The lowest BCUT2D eigenvalue weighted by molar-refractivity contribution is -0.138. The molecule has 1 heterocycles. The fourth-order valence-corrected chi connectivity index (χ4v) is 2.50. The Morgan fingerprint density at radius 3 is 1.78 bits per heavy atom. The van der Waals surface area contributed by atoms with Gasteiger partial charge in [0.05, 0.1) is 5.69 Å². The van der Waals surface area contributed by atoms with Crippen LogP contribution in [0.3, 0.4) is 0 Å². The average Bonchev–Trinajstić information content (AvgIpc) is 2.74. The van der Waals surface area contributed by atoms with E-state index in [4.69, 9.17) is 0 Å². The molecule has 1 aliphatic rings. The van der Waals surface area contributed by atoms with Crippen LogP contribution in [0.5, 0.6) is 0 Å². The Morgan fingerprint density at radius 1 is 0.783 bits per heavy atom. The van der Waals surface area contributed by atoms with E-state index < -0.39 is 17.8 Å². The summed E-state index contributed by atoms with van der Waals surface area (Å²) in [6.07, 6.45) is 0.765. The van der Waals surface area contributed by atoms with Gasteiger partial charge in [0.2, 0.25) is 0 Å². The van der Waals surface area contributed by atoms with E-state index in [0.717, 1.165) is 21.8 Å². The lowest BCUT2D eigenvalue weighted by atomic mass is 10.0. The molecule has 1 saturated heterocycles. The van der Waals surface area contributed by atoms with Crippen LogP contribution in [0, 0.1) is 6.92 Å². The van der Waals surface area contributed by atoms with Gasteiger partial charge in [0, 0.05) is 7.05 Å². The first-order chi connectivity index (χ1) is 11.0. The highest BCUT2D eigenvalue weighted by molar-refractivity contribution is 6.52. The summed E-state index contributed by atoms with van der Waals surface area (Å²) in [6.45, 7) is 2.04. The van der Waals surface area contributed by atoms with Crippen molar-refractivity contribution < 1.29 is 14.4 Å². The average molecular weight is 308 g/mol. The normalized spacial score (nSPS) is 14.8. The zero-order valence-electron chi connectivity index (χ0n) is 12.9. The molecule has 3 rings (SSSR count). The molecule has 0 radical (unpaired) electrons. The quantitative estimate of drug-likeness (QED) is 0.646. The van der Waals surface area contributed by atoms with Crippen molar-refractivity contribution in [1.82, 2.24) is 4.90 Å². The van der Waals surface area contributed by atoms with Crippen molar-refractivity contribution in [1.29, 1.82) is 0 Å². The summed E-state index contributed by atoms with van der Waals surface area (Å²) in [5.41, 5.74) is 3.87. The van der Waals surface area contributed by atoms with Gasteiger partial charge in [-0.25, -0.2) is 9.69 Å². The Hall–Kier alpha value is -2.95. The summed E-state index contributed by atoms with van der Waals surface area (Å²) in [5, 5.41) is 0. The molecular formula is C18H16N2O3. The van der Waals surface area contributed by atoms with E-state index in [1.165, 1.54) is 18.2 Å². The SMILES string of the molecule is Cc1ccc(Cc2ccc(N3C(=O)C(=O)N(C)C3=O)cc2)cc1. The van der Waals surface area contributed by atoms with Crippen LogP contribution in [0.4, 0.5) is 10.5 Å². The maximum absolute atomic E-state index is 11.9. The monoisotopic (exact) mass is 308 g/mol. The lowest BCUT2D eigenvalue weighted by Crippen LogP contribution is -2.31. The molecule has 0 aliphatic carbocycles. The van der Waals surface area contributed by atoms with Crippen molar-refractivity contribution in [3.8, 4) is 0 Å². The lowest BCUT2D eigenvalue weighted by Gasteiger charge is -2.13. The highest BCUT2D eigenvalue weighted by Gasteiger charge is 2.43. The summed E-state index contributed by atoms with van der Waals surface area (Å²) in [4.78, 5) is 37.1. The third-order valence-corrected chi connectivity index (χ3v) is 3.89. The van der Waals surface area contributed by atoms with Crippen LogP contribution in [0.1, 0.15) is 16.7 Å². The molecule has 5 heteroatoms. The van der Waals surface area contributed by atoms with Crippen LogP contribution in [0.15, 0.2) is 48.5 Å². The number of carbonyl (C=O) groups excluding carboxylic acids is 3. The molecule has 2 aromatic rings. The molecule has 1 fully saturated rings. The Labute approximate surface area is 134 Å². The van der Waals surface area contributed by atoms with Crippen LogP contribution in [-0.2, 0) is 16.0 Å². The van der Waals surface area contributed by atoms with Gasteiger partial charge >= 0.3 is 17.8 Å². The van der Waals surface area contributed by atoms with E-state index in [1.807, 2.05) is 19.1 Å². The number of rotatable bonds is 3. The molecule has 116 valence electrons. The Bertz CT molecular complexity index is 779. The minimum Gasteiger partial charge on any atom is -0.263 e. The second kappa shape index (κ2) is 5.68. The van der Waals surface area contributed by atoms with Gasteiger partial charge in [0.1, 0.15) is 0 Å². The van der Waals surface area contributed by atoms with E-state index in [0.29, 0.717) is 5.69 Å². The number of hydrogen-bond acceptors (Lipinski definition) is 3. The fraction of sp³-hybridized carbons (Fsp3) is 0.167. The maximum atomic E-state index is 11.9. The van der Waals surface area contributed by atoms with Crippen LogP contribution in [0.25, 0.3) is 0 Å². The predicted octanol–water partition coefficient (Wildman–Crippen LogP) is 2.51. The number of carbonyl (C=O) groups is 3. The minimum absolute atomic E-state index is 0.408. The van der Waals surface area contributed by atoms with Gasteiger partial charge in [-0.05, 0) is 36.6 Å². The number of benzene rings is 2. The number of imide groups is 2. The molecule has 0 N–H and O–H groups in total. The van der Waals surface area contributed by atoms with E-state index in [-0.39, 0.29) is 0 Å². The summed E-state index contributed by atoms with van der Waals surface area (Å²) in [7, 11) is 1.30. The molecule has 0 saturated carbocycles. The molecule has 2 aromatic carbocycles. The highest BCUT2D eigenvalue weighted by Crippen LogP contribution is 2.22. The highest BCUT2D eigenvalue weighted by atomic mass is 16.2. The number of amides is 4. The van der Waals surface area contributed by atoms with Gasteiger partial charge in [-0.15, -0.1) is 0 Å². The van der Waals surface area contributed by atoms with Crippen molar-refractivity contribution in [3.63, 3.8) is 0 Å². The summed E-state index contributed by atoms with van der Waals surface area (Å²) in [6, 6.07) is 14.7. The molecule has 5 nitrogen and oxygen atoms in total. The molecule has 0 spiro atoms. The first-order valence-corrected chi connectivity index (χ1v) is 7.28. The number of anilines is 1. The van der Waals surface area contributed by atoms with E-state index in [2.05, 4.69) is 24.3 Å². The third-order valence-electron chi connectivity index (χ3n) is 3.89. The number of urea groups is 1. The summed E-state index contributed by atoms with van der Waals surface area (Å²) < 4.78 is 0. The molecule has 1 aliphatic heterocycles. The zero-order chi connectivity index (χ0) is 16.6. The number of nitrogens with zero attached hydrogens (tertiary/aromatic N) is 2. The van der Waals surface area contributed by atoms with E-state index in [9.17, 15) is 14.4 Å². The molecule has 0 bridgehead atoms. The van der Waals surface area contributed by atoms with Crippen LogP contribution in [0.2, 0.25) is 0 Å². The molecular weight excluding hydrogens is 292 g/mol. The first-order valence-electron chi connectivity index (χ1n) is 7.28. The molecule has 0 atom stereocenters. The first kappa shape index (κ1) is 15.0. The number of hydrogen-bond donors (Lipinski definition) is 0. The fourth-order valence-electron chi connectivity index (χ4n) is 2.50. The minimum atomic E-state index is -0.816. The molecule has 0 aromatic heterocycles. The largest absolute Gasteiger partial charge is 0.338 e. The van der Waals surface area contributed by atoms with Crippen LogP contribution < -0.4 is 4.90 Å². The zero-order valence-corrected chi connectivity index (χ0v) is 12.9. The topological polar surface area (TPSA) is 57.7 Å². The van der Waals surface area contributed by atoms with E-state index in [1.54, 1.807) is 12.1 Å². The van der Waals surface area contributed by atoms with Gasteiger partial charge < -0.3 is 0 Å². The van der Waals surface area contributed by atoms with Gasteiger partial charge in [-0.2, -0.15) is 0 Å².